The van der Waals surface area contributed by atoms with Gasteiger partial charge < -0.3 is 4.74 Å². The van der Waals surface area contributed by atoms with Gasteiger partial charge in [-0.3, -0.25) is 9.36 Å². The first-order valence-electron chi connectivity index (χ1n) is 8.17. The molecule has 0 atom stereocenters. The second-order valence-corrected chi connectivity index (χ2v) is 7.39. The molecule has 0 aliphatic rings. The van der Waals surface area contributed by atoms with E-state index in [1.165, 1.54) is 11.3 Å². The van der Waals surface area contributed by atoms with Gasteiger partial charge in [0.15, 0.2) is 0 Å². The Bertz CT molecular complexity index is 958. The van der Waals surface area contributed by atoms with Crippen molar-refractivity contribution >= 4 is 27.5 Å². The number of aryl methyl sites for hydroxylation is 1. The Morgan fingerprint density at radius 1 is 1.28 bits per heavy atom. The Balaban J connectivity index is 1.89. The third-order valence-electron chi connectivity index (χ3n) is 3.88. The highest BCUT2D eigenvalue weighted by Crippen LogP contribution is 2.27. The van der Waals surface area contributed by atoms with Crippen LogP contribution in [-0.2, 0) is 17.9 Å². The number of esters is 1. The maximum Gasteiger partial charge on any atom is 0.349 e. The fourth-order valence-electron chi connectivity index (χ4n) is 2.67. The van der Waals surface area contributed by atoms with Crippen molar-refractivity contribution in [2.45, 2.75) is 33.9 Å². The first-order chi connectivity index (χ1) is 12.0. The topological polar surface area (TPSA) is 61.2 Å². The summed E-state index contributed by atoms with van der Waals surface area (Å²) in [5, 5.41) is 0.514. The third-order valence-corrected chi connectivity index (χ3v) is 5.06. The standard InChI is InChI=1S/C19H20N2O3S/c1-12(2)9-21-11-20-17-15(18(21)22)13(3)16(25-17)19(23)24-10-14-7-5-4-6-8-14/h4-8,11-12H,9-10H2,1-3H3. The summed E-state index contributed by atoms with van der Waals surface area (Å²) < 4.78 is 7.00. The number of benzene rings is 1. The van der Waals surface area contributed by atoms with Crippen LogP contribution in [0.25, 0.3) is 10.2 Å². The van der Waals surface area contributed by atoms with Gasteiger partial charge in [-0.05, 0) is 24.0 Å². The van der Waals surface area contributed by atoms with Crippen LogP contribution in [0.5, 0.6) is 0 Å². The van der Waals surface area contributed by atoms with Crippen LogP contribution in [0.2, 0.25) is 0 Å². The lowest BCUT2D eigenvalue weighted by atomic mass is 10.2. The van der Waals surface area contributed by atoms with Gasteiger partial charge in [-0.2, -0.15) is 0 Å². The molecule has 1 aromatic carbocycles. The zero-order valence-electron chi connectivity index (χ0n) is 14.5. The Morgan fingerprint density at radius 2 is 2.00 bits per heavy atom. The van der Waals surface area contributed by atoms with Crippen LogP contribution in [0.15, 0.2) is 41.5 Å². The Labute approximate surface area is 149 Å². The second-order valence-electron chi connectivity index (χ2n) is 6.39. The van der Waals surface area contributed by atoms with Gasteiger partial charge in [0, 0.05) is 6.54 Å². The second kappa shape index (κ2) is 7.19. The number of carbonyl (C=O) groups is 1. The molecule has 3 aromatic rings. The molecule has 130 valence electrons. The zero-order valence-corrected chi connectivity index (χ0v) is 15.3. The maximum absolute atomic E-state index is 12.7. The number of ether oxygens (including phenoxy) is 1. The van der Waals surface area contributed by atoms with E-state index in [4.69, 9.17) is 4.74 Å². The molecular weight excluding hydrogens is 336 g/mol. The molecule has 0 aliphatic heterocycles. The molecule has 0 fully saturated rings. The number of rotatable bonds is 5. The summed E-state index contributed by atoms with van der Waals surface area (Å²) in [4.78, 5) is 30.5. The largest absolute Gasteiger partial charge is 0.457 e. The van der Waals surface area contributed by atoms with E-state index >= 15 is 0 Å². The molecule has 25 heavy (non-hydrogen) atoms. The Hall–Kier alpha value is -2.47. The van der Waals surface area contributed by atoms with Crippen molar-refractivity contribution in [3.05, 3.63) is 63.0 Å². The monoisotopic (exact) mass is 356 g/mol. The highest BCUT2D eigenvalue weighted by Gasteiger charge is 2.20. The van der Waals surface area contributed by atoms with E-state index in [0.717, 1.165) is 5.56 Å². The fourth-order valence-corrected chi connectivity index (χ4v) is 3.70. The molecular formula is C19H20N2O3S. The number of nitrogens with zero attached hydrogens (tertiary/aromatic N) is 2. The molecule has 5 nitrogen and oxygen atoms in total. The molecule has 0 unspecified atom stereocenters. The molecule has 0 amide bonds. The van der Waals surface area contributed by atoms with Crippen molar-refractivity contribution in [3.63, 3.8) is 0 Å². The van der Waals surface area contributed by atoms with Gasteiger partial charge in [-0.25, -0.2) is 9.78 Å². The molecule has 0 N–H and O–H groups in total. The molecule has 0 radical (unpaired) electrons. The zero-order chi connectivity index (χ0) is 18.0. The highest BCUT2D eigenvalue weighted by atomic mass is 32.1. The van der Waals surface area contributed by atoms with Gasteiger partial charge in [0.25, 0.3) is 5.56 Å². The van der Waals surface area contributed by atoms with Crippen LogP contribution < -0.4 is 5.56 Å². The minimum absolute atomic E-state index is 0.102. The molecule has 3 rings (SSSR count). The van der Waals surface area contributed by atoms with Gasteiger partial charge in [0.2, 0.25) is 0 Å². The predicted octanol–water partition coefficient (Wildman–Crippen LogP) is 3.78. The van der Waals surface area contributed by atoms with Gasteiger partial charge in [0.05, 0.1) is 11.7 Å². The van der Waals surface area contributed by atoms with E-state index < -0.39 is 5.97 Å². The smallest absolute Gasteiger partial charge is 0.349 e. The average molecular weight is 356 g/mol. The quantitative estimate of drug-likeness (QED) is 0.653. The number of aromatic nitrogens is 2. The van der Waals surface area contributed by atoms with E-state index in [1.54, 1.807) is 17.8 Å². The van der Waals surface area contributed by atoms with Gasteiger partial charge in [0.1, 0.15) is 16.3 Å². The lowest BCUT2D eigenvalue weighted by Crippen LogP contribution is -2.22. The summed E-state index contributed by atoms with van der Waals surface area (Å²) >= 11 is 1.21. The Kier molecular flexibility index (Phi) is 4.99. The number of hydrogen-bond donors (Lipinski definition) is 0. The van der Waals surface area contributed by atoms with E-state index in [9.17, 15) is 9.59 Å². The summed E-state index contributed by atoms with van der Waals surface area (Å²) in [7, 11) is 0. The van der Waals surface area contributed by atoms with Gasteiger partial charge in [-0.1, -0.05) is 44.2 Å². The van der Waals surface area contributed by atoms with Crippen molar-refractivity contribution in [1.82, 2.24) is 9.55 Å². The first kappa shape index (κ1) is 17.4. The summed E-state index contributed by atoms with van der Waals surface area (Å²) in [6, 6.07) is 9.51. The van der Waals surface area contributed by atoms with Crippen molar-refractivity contribution in [2.75, 3.05) is 0 Å². The summed E-state index contributed by atoms with van der Waals surface area (Å²) in [6.45, 7) is 6.68. The number of carbonyl (C=O) groups excluding carboxylic acids is 1. The van der Waals surface area contributed by atoms with Crippen LogP contribution in [0.1, 0.15) is 34.6 Å². The third kappa shape index (κ3) is 3.64. The van der Waals surface area contributed by atoms with Crippen molar-refractivity contribution in [2.24, 2.45) is 5.92 Å². The van der Waals surface area contributed by atoms with Crippen molar-refractivity contribution in [3.8, 4) is 0 Å². The first-order valence-corrected chi connectivity index (χ1v) is 8.98. The molecule has 2 heterocycles. The van der Waals surface area contributed by atoms with Crippen molar-refractivity contribution in [1.29, 1.82) is 0 Å². The van der Waals surface area contributed by atoms with E-state index in [0.29, 0.717) is 33.1 Å². The molecule has 0 saturated heterocycles. The summed E-state index contributed by atoms with van der Waals surface area (Å²) in [6.07, 6.45) is 1.56. The predicted molar refractivity (Wildman–Crippen MR) is 99.0 cm³/mol. The maximum atomic E-state index is 12.7. The lowest BCUT2D eigenvalue weighted by Gasteiger charge is -2.07. The SMILES string of the molecule is Cc1c(C(=O)OCc2ccccc2)sc2ncn(CC(C)C)c(=O)c12. The molecule has 2 aromatic heterocycles. The van der Waals surface area contributed by atoms with Crippen LogP contribution in [0.4, 0.5) is 0 Å². The molecule has 0 spiro atoms. The lowest BCUT2D eigenvalue weighted by molar-refractivity contribution is 0.0478. The molecule has 0 aliphatic carbocycles. The number of fused-ring (bicyclic) bond motifs is 1. The minimum atomic E-state index is -0.417. The molecule has 0 bridgehead atoms. The highest BCUT2D eigenvalue weighted by molar-refractivity contribution is 7.20. The van der Waals surface area contributed by atoms with E-state index in [2.05, 4.69) is 4.98 Å². The van der Waals surface area contributed by atoms with Crippen LogP contribution in [-0.4, -0.2) is 15.5 Å². The van der Waals surface area contributed by atoms with Crippen LogP contribution in [0.3, 0.4) is 0 Å². The molecule has 6 heteroatoms. The van der Waals surface area contributed by atoms with E-state index in [-0.39, 0.29) is 12.2 Å². The summed E-state index contributed by atoms with van der Waals surface area (Å²) in [5.41, 5.74) is 1.47. The number of thiophene rings is 1. The fraction of sp³-hybridized carbons (Fsp3) is 0.316. The molecule has 0 saturated carbocycles. The Morgan fingerprint density at radius 3 is 2.68 bits per heavy atom. The number of hydrogen-bond acceptors (Lipinski definition) is 5. The van der Waals surface area contributed by atoms with Gasteiger partial charge in [-0.15, -0.1) is 11.3 Å². The minimum Gasteiger partial charge on any atom is -0.457 e. The van der Waals surface area contributed by atoms with E-state index in [1.807, 2.05) is 44.2 Å². The van der Waals surface area contributed by atoms with Crippen LogP contribution >= 0.6 is 11.3 Å². The van der Waals surface area contributed by atoms with Crippen molar-refractivity contribution < 1.29 is 9.53 Å². The summed E-state index contributed by atoms with van der Waals surface area (Å²) in [5.74, 6) is -0.0784. The average Bonchev–Trinajstić information content (AvgIpc) is 2.93. The van der Waals surface area contributed by atoms with Gasteiger partial charge >= 0.3 is 5.97 Å². The normalized spacial score (nSPS) is 11.2. The van der Waals surface area contributed by atoms with Crippen LogP contribution in [0, 0.1) is 12.8 Å².